The largest absolute Gasteiger partial charge is 0.351 e. The maximum Gasteiger partial charge on any atom is 0.316 e. The number of primary amides is 1. The molecule has 0 bridgehead atoms. The van der Waals surface area contributed by atoms with Gasteiger partial charge in [-0.1, -0.05) is 26.0 Å². The average molecular weight is 313 g/mol. The van der Waals surface area contributed by atoms with Crippen LogP contribution in [0.2, 0.25) is 0 Å². The predicted octanol–water partition coefficient (Wildman–Crippen LogP) is 4.35. The number of carbonyl (C=O) groups is 1. The fraction of sp³-hybridized carbons (Fsp3) is 0.421. The molecule has 2 amide bonds. The molecule has 0 spiro atoms. The predicted molar refractivity (Wildman–Crippen MR) is 95.8 cm³/mol. The van der Waals surface area contributed by atoms with Gasteiger partial charge in [0.05, 0.1) is 0 Å². The van der Waals surface area contributed by atoms with Gasteiger partial charge in [0, 0.05) is 29.5 Å². The zero-order valence-electron chi connectivity index (χ0n) is 14.5. The number of nitrogens with two attached hydrogens (primary N) is 1. The number of amides is 2. The Morgan fingerprint density at radius 3 is 2.43 bits per heavy atom. The third-order valence-electron chi connectivity index (χ3n) is 3.80. The Balaban J connectivity index is 2.26. The van der Waals surface area contributed by atoms with E-state index in [4.69, 9.17) is 5.73 Å². The van der Waals surface area contributed by atoms with Crippen LogP contribution in [0.3, 0.4) is 0 Å². The van der Waals surface area contributed by atoms with Crippen LogP contribution in [-0.4, -0.2) is 10.6 Å². The minimum absolute atomic E-state index is 0.431. The van der Waals surface area contributed by atoms with E-state index in [-0.39, 0.29) is 0 Å². The molecule has 0 saturated heterocycles. The number of rotatable bonds is 6. The Bertz CT molecular complexity index is 671. The number of aromatic nitrogens is 1. The van der Waals surface area contributed by atoms with Gasteiger partial charge in [0.15, 0.2) is 0 Å². The lowest BCUT2D eigenvalue weighted by Gasteiger charge is -2.19. The second-order valence-corrected chi connectivity index (χ2v) is 6.74. The molecule has 1 aromatic carbocycles. The van der Waals surface area contributed by atoms with Gasteiger partial charge in [0.2, 0.25) is 0 Å². The van der Waals surface area contributed by atoms with E-state index in [1.165, 1.54) is 11.4 Å². The number of nitrogens with zero attached hydrogens (tertiary/aromatic N) is 1. The smallest absolute Gasteiger partial charge is 0.316 e. The van der Waals surface area contributed by atoms with Crippen LogP contribution < -0.4 is 11.1 Å². The lowest BCUT2D eigenvalue weighted by molar-refractivity contribution is 0.259. The van der Waals surface area contributed by atoms with Gasteiger partial charge in [0.1, 0.15) is 0 Å². The lowest BCUT2D eigenvalue weighted by Crippen LogP contribution is -2.19. The van der Waals surface area contributed by atoms with Gasteiger partial charge < -0.3 is 15.6 Å². The van der Waals surface area contributed by atoms with Crippen LogP contribution in [0.5, 0.6) is 0 Å². The zero-order valence-corrected chi connectivity index (χ0v) is 14.5. The fourth-order valence-electron chi connectivity index (χ4n) is 3.04. The SMILES string of the molecule is CC(C)Cc1ccc(Cc2cccc(NC(N)=O)c2)n1C(C)C. The summed E-state index contributed by atoms with van der Waals surface area (Å²) in [5, 5.41) is 2.63. The van der Waals surface area contributed by atoms with Crippen molar-refractivity contribution in [3.05, 3.63) is 53.3 Å². The van der Waals surface area contributed by atoms with Crippen molar-refractivity contribution >= 4 is 11.7 Å². The summed E-state index contributed by atoms with van der Waals surface area (Å²) in [4.78, 5) is 11.0. The molecule has 0 aliphatic heterocycles. The van der Waals surface area contributed by atoms with E-state index in [1.807, 2.05) is 18.2 Å². The van der Waals surface area contributed by atoms with Crippen LogP contribution in [0.25, 0.3) is 0 Å². The van der Waals surface area contributed by atoms with Gasteiger partial charge in [-0.05, 0) is 56.0 Å². The van der Waals surface area contributed by atoms with Gasteiger partial charge in [-0.15, -0.1) is 0 Å². The molecule has 0 radical (unpaired) electrons. The summed E-state index contributed by atoms with van der Waals surface area (Å²) in [6.45, 7) is 8.93. The summed E-state index contributed by atoms with van der Waals surface area (Å²) in [6, 6.07) is 12.2. The molecule has 0 saturated carbocycles. The third kappa shape index (κ3) is 4.62. The summed E-state index contributed by atoms with van der Waals surface area (Å²) >= 11 is 0. The van der Waals surface area contributed by atoms with Crippen LogP contribution in [0.4, 0.5) is 10.5 Å². The second-order valence-electron chi connectivity index (χ2n) is 6.74. The molecular formula is C19H27N3O. The first-order valence-corrected chi connectivity index (χ1v) is 8.21. The van der Waals surface area contributed by atoms with E-state index in [9.17, 15) is 4.79 Å². The highest BCUT2D eigenvalue weighted by Gasteiger charge is 2.13. The van der Waals surface area contributed by atoms with Gasteiger partial charge in [-0.3, -0.25) is 0 Å². The minimum Gasteiger partial charge on any atom is -0.351 e. The summed E-state index contributed by atoms with van der Waals surface area (Å²) in [5.74, 6) is 0.637. The van der Waals surface area contributed by atoms with E-state index in [2.05, 4.69) is 55.8 Å². The van der Waals surface area contributed by atoms with Crippen molar-refractivity contribution in [2.24, 2.45) is 11.7 Å². The number of hydrogen-bond donors (Lipinski definition) is 2. The first kappa shape index (κ1) is 17.1. The van der Waals surface area contributed by atoms with E-state index in [1.54, 1.807) is 0 Å². The highest BCUT2D eigenvalue weighted by atomic mass is 16.2. The molecule has 3 N–H and O–H groups in total. The van der Waals surface area contributed by atoms with E-state index in [0.717, 1.165) is 24.1 Å². The Morgan fingerprint density at radius 2 is 1.83 bits per heavy atom. The van der Waals surface area contributed by atoms with Crippen molar-refractivity contribution in [2.45, 2.75) is 46.6 Å². The molecule has 124 valence electrons. The summed E-state index contributed by atoms with van der Waals surface area (Å²) in [7, 11) is 0. The van der Waals surface area contributed by atoms with Gasteiger partial charge in [-0.2, -0.15) is 0 Å². The average Bonchev–Trinajstić information content (AvgIpc) is 2.80. The van der Waals surface area contributed by atoms with Gasteiger partial charge >= 0.3 is 6.03 Å². The summed E-state index contributed by atoms with van der Waals surface area (Å²) < 4.78 is 2.42. The van der Waals surface area contributed by atoms with E-state index >= 15 is 0 Å². The van der Waals surface area contributed by atoms with Crippen molar-refractivity contribution in [2.75, 3.05) is 5.32 Å². The zero-order chi connectivity index (χ0) is 17.0. The number of benzene rings is 1. The van der Waals surface area contributed by atoms with Crippen LogP contribution in [0.15, 0.2) is 36.4 Å². The molecule has 23 heavy (non-hydrogen) atoms. The Hall–Kier alpha value is -2.23. The van der Waals surface area contributed by atoms with E-state index in [0.29, 0.717) is 12.0 Å². The molecule has 2 rings (SSSR count). The molecule has 0 aliphatic rings. The molecule has 2 aromatic rings. The van der Waals surface area contributed by atoms with E-state index < -0.39 is 6.03 Å². The molecule has 1 aromatic heterocycles. The maximum absolute atomic E-state index is 11.0. The number of hydrogen-bond acceptors (Lipinski definition) is 1. The number of carbonyl (C=O) groups excluding carboxylic acids is 1. The molecule has 1 heterocycles. The number of anilines is 1. The number of urea groups is 1. The molecule has 4 nitrogen and oxygen atoms in total. The van der Waals surface area contributed by atoms with Crippen molar-refractivity contribution in [3.63, 3.8) is 0 Å². The Labute approximate surface area is 138 Å². The van der Waals surface area contributed by atoms with Crippen molar-refractivity contribution < 1.29 is 4.79 Å². The fourth-order valence-corrected chi connectivity index (χ4v) is 3.04. The van der Waals surface area contributed by atoms with Crippen molar-refractivity contribution in [1.29, 1.82) is 0 Å². The van der Waals surface area contributed by atoms with Crippen LogP contribution in [-0.2, 0) is 12.8 Å². The number of nitrogens with one attached hydrogen (secondary N) is 1. The summed E-state index contributed by atoms with van der Waals surface area (Å²) in [5.41, 5.74) is 9.77. The highest BCUT2D eigenvalue weighted by molar-refractivity contribution is 5.87. The first-order valence-electron chi connectivity index (χ1n) is 8.21. The summed E-state index contributed by atoms with van der Waals surface area (Å²) in [6.07, 6.45) is 1.92. The van der Waals surface area contributed by atoms with Gasteiger partial charge in [-0.25, -0.2) is 4.79 Å². The monoisotopic (exact) mass is 313 g/mol. The molecular weight excluding hydrogens is 286 g/mol. The molecule has 0 aliphatic carbocycles. The Morgan fingerprint density at radius 1 is 1.13 bits per heavy atom. The molecule has 0 unspecified atom stereocenters. The van der Waals surface area contributed by atoms with Crippen LogP contribution in [0, 0.1) is 5.92 Å². The first-order chi connectivity index (χ1) is 10.9. The normalized spacial score (nSPS) is 11.2. The maximum atomic E-state index is 11.0. The van der Waals surface area contributed by atoms with Crippen LogP contribution >= 0.6 is 0 Å². The lowest BCUT2D eigenvalue weighted by atomic mass is 10.1. The molecule has 0 fully saturated rings. The van der Waals surface area contributed by atoms with Crippen LogP contribution in [0.1, 0.15) is 50.7 Å². The third-order valence-corrected chi connectivity index (χ3v) is 3.80. The molecule has 0 atom stereocenters. The Kier molecular flexibility index (Phi) is 5.48. The van der Waals surface area contributed by atoms with Crippen molar-refractivity contribution in [1.82, 2.24) is 4.57 Å². The quantitative estimate of drug-likeness (QED) is 0.818. The molecule has 4 heteroatoms. The minimum atomic E-state index is -0.535. The second kappa shape index (κ2) is 7.36. The van der Waals surface area contributed by atoms with Crippen molar-refractivity contribution in [3.8, 4) is 0 Å². The van der Waals surface area contributed by atoms with Gasteiger partial charge in [0.25, 0.3) is 0 Å². The topological polar surface area (TPSA) is 60.0 Å². The highest BCUT2D eigenvalue weighted by Crippen LogP contribution is 2.22. The standard InChI is InChI=1S/C19H27N3O/c1-13(2)10-17-8-9-18(22(17)14(3)4)12-15-6-5-7-16(11-15)21-19(20)23/h5-9,11,13-14H,10,12H2,1-4H3,(H3,20,21,23).